The molecule has 2 saturated carbocycles. The van der Waals surface area contributed by atoms with Gasteiger partial charge in [-0.2, -0.15) is 0 Å². The minimum atomic E-state index is -0.632. The zero-order chi connectivity index (χ0) is 28.2. The fraction of sp³-hybridized carbons (Fsp3) is 0.407. The van der Waals surface area contributed by atoms with E-state index in [1.54, 1.807) is 12.5 Å². The van der Waals surface area contributed by atoms with Crippen molar-refractivity contribution in [3.63, 3.8) is 0 Å². The Bertz CT molecular complexity index is 1510. The lowest BCUT2D eigenvalue weighted by Crippen LogP contribution is -2.35. The summed E-state index contributed by atoms with van der Waals surface area (Å²) in [5.74, 6) is -0.581. The van der Waals surface area contributed by atoms with Crippen LogP contribution in [0.25, 0.3) is 5.65 Å². The molecule has 6 rings (SSSR count). The molecular formula is C27H31FN10O3. The van der Waals surface area contributed by atoms with Gasteiger partial charge in [0.15, 0.2) is 17.2 Å². The number of anilines is 3. The lowest BCUT2D eigenvalue weighted by molar-refractivity contribution is 0.0730. The van der Waals surface area contributed by atoms with Crippen LogP contribution in [0.2, 0.25) is 0 Å². The van der Waals surface area contributed by atoms with E-state index in [0.29, 0.717) is 30.6 Å². The number of nitrogens with zero attached hydrogens (tertiary/aromatic N) is 6. The molecule has 4 N–H and O–H groups in total. The third-order valence-corrected chi connectivity index (χ3v) is 7.16. The number of hydrogen-bond donors (Lipinski definition) is 4. The van der Waals surface area contributed by atoms with Gasteiger partial charge in [0.2, 0.25) is 0 Å². The molecule has 0 spiro atoms. The first-order valence-electron chi connectivity index (χ1n) is 13.7. The summed E-state index contributed by atoms with van der Waals surface area (Å²) in [5, 5.41) is 17.0. The minimum Gasteiger partial charge on any atom is -0.446 e. The van der Waals surface area contributed by atoms with E-state index in [9.17, 15) is 14.0 Å². The van der Waals surface area contributed by atoms with Crippen molar-refractivity contribution in [2.75, 3.05) is 22.5 Å². The number of carbonyl (C=O) groups is 2. The Hall–Kier alpha value is -4.75. The van der Waals surface area contributed by atoms with E-state index in [0.717, 1.165) is 50.4 Å². The molecule has 2 aliphatic rings. The van der Waals surface area contributed by atoms with Crippen molar-refractivity contribution >= 4 is 34.8 Å². The van der Waals surface area contributed by atoms with Crippen LogP contribution in [0.15, 0.2) is 49.4 Å². The van der Waals surface area contributed by atoms with E-state index in [1.807, 2.05) is 16.8 Å². The number of nitrogens with one attached hydrogen (secondary N) is 4. The van der Waals surface area contributed by atoms with Crippen molar-refractivity contribution in [3.05, 3.63) is 61.0 Å². The molecule has 4 aromatic rings. The number of imidazole rings is 2. The number of aromatic nitrogens is 6. The molecule has 4 aromatic heterocycles. The second-order valence-electron chi connectivity index (χ2n) is 10.3. The molecular weight excluding hydrogens is 531 g/mol. The summed E-state index contributed by atoms with van der Waals surface area (Å²) in [4.78, 5) is 37.4. The maximum atomic E-state index is 14.1. The molecule has 0 saturated heterocycles. The van der Waals surface area contributed by atoms with Crippen LogP contribution >= 0.6 is 0 Å². The number of rotatable bonds is 10. The predicted octanol–water partition coefficient (Wildman–Crippen LogP) is 3.44. The number of ether oxygens (including phenoxy) is 1. The fourth-order valence-electron chi connectivity index (χ4n) is 4.84. The number of pyridine rings is 1. The van der Waals surface area contributed by atoms with Crippen molar-refractivity contribution < 1.29 is 18.7 Å². The van der Waals surface area contributed by atoms with Crippen LogP contribution in [0.4, 0.5) is 26.4 Å². The maximum absolute atomic E-state index is 14.1. The van der Waals surface area contributed by atoms with Crippen molar-refractivity contribution in [2.24, 2.45) is 0 Å². The van der Waals surface area contributed by atoms with Crippen LogP contribution in [-0.4, -0.2) is 65.9 Å². The van der Waals surface area contributed by atoms with Gasteiger partial charge >= 0.3 is 6.09 Å². The van der Waals surface area contributed by atoms with Crippen molar-refractivity contribution in [1.29, 1.82) is 0 Å². The van der Waals surface area contributed by atoms with Crippen molar-refractivity contribution in [2.45, 2.75) is 63.3 Å². The largest absolute Gasteiger partial charge is 0.446 e. The molecule has 214 valence electrons. The van der Waals surface area contributed by atoms with E-state index in [2.05, 4.69) is 41.3 Å². The smallest absolute Gasteiger partial charge is 0.407 e. The lowest BCUT2D eigenvalue weighted by Gasteiger charge is -2.29. The van der Waals surface area contributed by atoms with Gasteiger partial charge in [0.05, 0.1) is 30.1 Å². The van der Waals surface area contributed by atoms with Gasteiger partial charge in [-0.3, -0.25) is 9.78 Å². The summed E-state index contributed by atoms with van der Waals surface area (Å²) in [6, 6.07) is 3.76. The van der Waals surface area contributed by atoms with Crippen molar-refractivity contribution in [1.82, 2.24) is 34.4 Å². The Kier molecular flexibility index (Phi) is 7.60. The SMILES string of the molecule is O=C(NCCn1ccnc1)OC1CCC(Nc2cc(NC3CC3)c3ncc(C(=O)Nc4ccncc4F)n3n2)CC1. The summed E-state index contributed by atoms with van der Waals surface area (Å²) in [6.45, 7) is 1.09. The normalized spacial score (nSPS) is 18.6. The Labute approximate surface area is 234 Å². The van der Waals surface area contributed by atoms with Crippen LogP contribution in [-0.2, 0) is 11.3 Å². The Morgan fingerprint density at radius 2 is 1.80 bits per heavy atom. The highest BCUT2D eigenvalue weighted by atomic mass is 19.1. The van der Waals surface area contributed by atoms with Gasteiger partial charge in [0, 0.05) is 49.8 Å². The molecule has 14 heteroatoms. The summed E-state index contributed by atoms with van der Waals surface area (Å²) in [6.07, 6.45) is 13.7. The maximum Gasteiger partial charge on any atom is 0.407 e. The number of carbonyl (C=O) groups excluding carboxylic acids is 2. The third kappa shape index (κ3) is 6.53. The minimum absolute atomic E-state index is 0.0245. The molecule has 0 bridgehead atoms. The first-order chi connectivity index (χ1) is 20.0. The van der Waals surface area contributed by atoms with Gasteiger partial charge in [0.25, 0.3) is 5.91 Å². The first-order valence-corrected chi connectivity index (χ1v) is 13.7. The molecule has 13 nitrogen and oxygen atoms in total. The molecule has 0 aliphatic heterocycles. The van der Waals surface area contributed by atoms with E-state index in [4.69, 9.17) is 4.74 Å². The third-order valence-electron chi connectivity index (χ3n) is 7.16. The monoisotopic (exact) mass is 562 g/mol. The summed E-state index contributed by atoms with van der Waals surface area (Å²) in [7, 11) is 0. The van der Waals surface area contributed by atoms with Crippen LogP contribution in [0.5, 0.6) is 0 Å². The number of halogens is 1. The van der Waals surface area contributed by atoms with E-state index >= 15 is 0 Å². The molecule has 0 aromatic carbocycles. The molecule has 0 radical (unpaired) electrons. The predicted molar refractivity (Wildman–Crippen MR) is 148 cm³/mol. The van der Waals surface area contributed by atoms with Crippen LogP contribution < -0.4 is 21.3 Å². The molecule has 0 unspecified atom stereocenters. The van der Waals surface area contributed by atoms with Gasteiger partial charge in [-0.15, -0.1) is 5.10 Å². The van der Waals surface area contributed by atoms with Gasteiger partial charge in [0.1, 0.15) is 11.9 Å². The first kappa shape index (κ1) is 26.5. The van der Waals surface area contributed by atoms with Crippen LogP contribution in [0.1, 0.15) is 49.0 Å². The molecule has 0 atom stereocenters. The van der Waals surface area contributed by atoms with Crippen LogP contribution in [0.3, 0.4) is 0 Å². The zero-order valence-corrected chi connectivity index (χ0v) is 22.3. The van der Waals surface area contributed by atoms with E-state index < -0.39 is 17.8 Å². The number of fused-ring (bicyclic) bond motifs is 1. The average Bonchev–Trinajstić information content (AvgIpc) is 3.43. The van der Waals surface area contributed by atoms with Crippen molar-refractivity contribution in [3.8, 4) is 0 Å². The molecule has 2 aliphatic carbocycles. The molecule has 2 amide bonds. The lowest BCUT2D eigenvalue weighted by atomic mass is 9.93. The second kappa shape index (κ2) is 11.8. The Balaban J connectivity index is 1.09. The highest BCUT2D eigenvalue weighted by Crippen LogP contribution is 2.30. The molecule has 2 fully saturated rings. The number of amides is 2. The second-order valence-corrected chi connectivity index (χ2v) is 10.3. The molecule has 41 heavy (non-hydrogen) atoms. The molecule has 4 heterocycles. The standard InChI is InChI=1S/C27H31FN10O3/c28-20-14-29-8-7-21(20)35-26(39)23-15-32-25-22(33-17-1-2-17)13-24(36-38(23)25)34-18-3-5-19(6-4-18)41-27(40)31-10-12-37-11-9-30-16-37/h7-9,11,13-19,33H,1-6,10,12H2,(H,31,40)(H,34,36)(H,29,35,39). The summed E-state index contributed by atoms with van der Waals surface area (Å²) >= 11 is 0. The van der Waals surface area contributed by atoms with Gasteiger partial charge in [-0.1, -0.05) is 0 Å². The number of alkyl carbamates (subject to hydrolysis) is 1. The number of hydrogen-bond acceptors (Lipinski definition) is 9. The average molecular weight is 563 g/mol. The zero-order valence-electron chi connectivity index (χ0n) is 22.3. The topological polar surface area (TPSA) is 152 Å². The highest BCUT2D eigenvalue weighted by Gasteiger charge is 2.27. The fourth-order valence-corrected chi connectivity index (χ4v) is 4.84. The highest BCUT2D eigenvalue weighted by molar-refractivity contribution is 6.03. The summed E-state index contributed by atoms with van der Waals surface area (Å²) < 4.78 is 23.0. The van der Waals surface area contributed by atoms with Gasteiger partial charge in [-0.25, -0.2) is 23.7 Å². The Morgan fingerprint density at radius 1 is 1.00 bits per heavy atom. The van der Waals surface area contributed by atoms with E-state index in [1.165, 1.54) is 23.0 Å². The van der Waals surface area contributed by atoms with Gasteiger partial charge < -0.3 is 30.6 Å². The van der Waals surface area contributed by atoms with Crippen LogP contribution in [0, 0.1) is 5.82 Å². The summed E-state index contributed by atoms with van der Waals surface area (Å²) in [5.41, 5.74) is 1.48. The van der Waals surface area contributed by atoms with Gasteiger partial charge in [-0.05, 0) is 44.6 Å². The van der Waals surface area contributed by atoms with E-state index in [-0.39, 0.29) is 23.5 Å². The Morgan fingerprint density at radius 3 is 2.56 bits per heavy atom. The quantitative estimate of drug-likeness (QED) is 0.228.